The van der Waals surface area contributed by atoms with Crippen LogP contribution in [0.3, 0.4) is 0 Å². The van der Waals surface area contributed by atoms with E-state index in [2.05, 4.69) is 0 Å². The van der Waals surface area contributed by atoms with Gasteiger partial charge < -0.3 is 4.74 Å². The van der Waals surface area contributed by atoms with Gasteiger partial charge in [0.05, 0.1) is 20.5 Å². The zero-order chi connectivity index (χ0) is 15.6. The monoisotopic (exact) mass is 325 g/mol. The molecule has 7 heteroatoms. The van der Waals surface area contributed by atoms with Crippen molar-refractivity contribution in [3.05, 3.63) is 67.7 Å². The first-order valence-corrected chi connectivity index (χ1v) is 6.56. The van der Waals surface area contributed by atoms with E-state index in [0.717, 1.165) is 0 Å². The van der Waals surface area contributed by atoms with Gasteiger partial charge in [-0.2, -0.15) is 0 Å². The minimum atomic E-state index is -0.633. The predicted molar refractivity (Wildman–Crippen MR) is 79.3 cm³/mol. The van der Waals surface area contributed by atoms with Crippen LogP contribution in [0.5, 0.6) is 5.75 Å². The molecule has 0 heterocycles. The minimum Gasteiger partial charge on any atom is -0.423 e. The summed E-state index contributed by atoms with van der Waals surface area (Å²) in [6.07, 6.45) is 0. The average molecular weight is 326 g/mol. The Labute approximate surface area is 130 Å². The van der Waals surface area contributed by atoms with Crippen molar-refractivity contribution in [1.29, 1.82) is 0 Å². The van der Waals surface area contributed by atoms with Crippen LogP contribution in [0.1, 0.15) is 15.9 Å². The largest absolute Gasteiger partial charge is 0.423 e. The number of aryl methyl sites for hydroxylation is 1. The number of benzene rings is 2. The van der Waals surface area contributed by atoms with Crippen LogP contribution in [0.4, 0.5) is 5.69 Å². The van der Waals surface area contributed by atoms with Crippen LogP contribution in [0.25, 0.3) is 0 Å². The second-order valence-corrected chi connectivity index (χ2v) is 5.04. The molecule has 21 heavy (non-hydrogen) atoms. The highest BCUT2D eigenvalue weighted by atomic mass is 35.5. The van der Waals surface area contributed by atoms with Gasteiger partial charge in [0.15, 0.2) is 0 Å². The van der Waals surface area contributed by atoms with E-state index in [-0.39, 0.29) is 22.0 Å². The fraction of sp³-hybridized carbons (Fsp3) is 0.0714. The summed E-state index contributed by atoms with van der Waals surface area (Å²) in [6, 6.07) is 8.43. The van der Waals surface area contributed by atoms with Crippen molar-refractivity contribution >= 4 is 34.9 Å². The molecular formula is C14H9Cl2NO4. The van der Waals surface area contributed by atoms with Crippen LogP contribution in [0.2, 0.25) is 10.0 Å². The van der Waals surface area contributed by atoms with Crippen molar-refractivity contribution in [2.45, 2.75) is 6.92 Å². The first-order valence-electron chi connectivity index (χ1n) is 5.81. The van der Waals surface area contributed by atoms with Gasteiger partial charge in [0.25, 0.3) is 5.69 Å². The first-order chi connectivity index (χ1) is 9.88. The molecule has 2 rings (SSSR count). The third-order valence-electron chi connectivity index (χ3n) is 2.73. The number of hydrogen-bond acceptors (Lipinski definition) is 4. The Hall–Kier alpha value is -2.11. The molecule has 108 valence electrons. The Morgan fingerprint density at radius 2 is 1.86 bits per heavy atom. The van der Waals surface area contributed by atoms with Gasteiger partial charge in [-0.3, -0.25) is 10.1 Å². The zero-order valence-electron chi connectivity index (χ0n) is 10.8. The van der Waals surface area contributed by atoms with Crippen molar-refractivity contribution in [2.75, 3.05) is 0 Å². The third kappa shape index (κ3) is 3.51. The lowest BCUT2D eigenvalue weighted by atomic mass is 10.1. The maximum Gasteiger partial charge on any atom is 0.343 e. The molecule has 0 bridgehead atoms. The van der Waals surface area contributed by atoms with Crippen molar-refractivity contribution in [2.24, 2.45) is 0 Å². The van der Waals surface area contributed by atoms with Crippen molar-refractivity contribution < 1.29 is 14.5 Å². The summed E-state index contributed by atoms with van der Waals surface area (Å²) in [6.45, 7) is 1.55. The van der Waals surface area contributed by atoms with E-state index in [4.69, 9.17) is 27.9 Å². The number of esters is 1. The summed E-state index contributed by atoms with van der Waals surface area (Å²) in [5, 5.41) is 11.3. The molecule has 0 fully saturated rings. The molecule has 0 aliphatic rings. The second-order valence-electron chi connectivity index (χ2n) is 4.22. The number of rotatable bonds is 3. The van der Waals surface area contributed by atoms with Crippen molar-refractivity contribution in [1.82, 2.24) is 0 Å². The Morgan fingerprint density at radius 1 is 1.14 bits per heavy atom. The highest BCUT2D eigenvalue weighted by Crippen LogP contribution is 2.27. The van der Waals surface area contributed by atoms with Gasteiger partial charge in [0, 0.05) is 17.7 Å². The lowest BCUT2D eigenvalue weighted by Crippen LogP contribution is -2.09. The smallest absolute Gasteiger partial charge is 0.343 e. The van der Waals surface area contributed by atoms with E-state index in [1.807, 2.05) is 0 Å². The number of nitrogens with zero attached hydrogens (tertiary/aromatic N) is 1. The van der Waals surface area contributed by atoms with E-state index < -0.39 is 10.9 Å². The molecule has 0 unspecified atom stereocenters. The lowest BCUT2D eigenvalue weighted by Gasteiger charge is -2.06. The summed E-state index contributed by atoms with van der Waals surface area (Å²) < 4.78 is 5.14. The van der Waals surface area contributed by atoms with Crippen molar-refractivity contribution in [3.8, 4) is 5.75 Å². The Balaban J connectivity index is 2.22. The maximum atomic E-state index is 12.0. The molecule has 2 aromatic rings. The Morgan fingerprint density at radius 3 is 2.43 bits per heavy atom. The molecule has 0 saturated carbocycles. The normalized spacial score (nSPS) is 10.2. The average Bonchev–Trinajstić information content (AvgIpc) is 2.42. The van der Waals surface area contributed by atoms with Gasteiger partial charge in [0.1, 0.15) is 5.75 Å². The van der Waals surface area contributed by atoms with Crippen LogP contribution in [0, 0.1) is 17.0 Å². The molecule has 0 aromatic heterocycles. The highest BCUT2D eigenvalue weighted by Gasteiger charge is 2.15. The summed E-state index contributed by atoms with van der Waals surface area (Å²) in [5.41, 5.74) is 0.536. The molecule has 0 aliphatic heterocycles. The molecule has 0 spiro atoms. The van der Waals surface area contributed by atoms with Gasteiger partial charge in [-0.05, 0) is 31.2 Å². The Kier molecular flexibility index (Phi) is 4.45. The van der Waals surface area contributed by atoms with Crippen LogP contribution >= 0.6 is 23.2 Å². The summed E-state index contributed by atoms with van der Waals surface area (Å²) in [7, 11) is 0. The fourth-order valence-electron chi connectivity index (χ4n) is 1.69. The molecule has 5 nitrogen and oxygen atoms in total. The topological polar surface area (TPSA) is 69.4 Å². The number of nitro groups is 1. The van der Waals surface area contributed by atoms with E-state index >= 15 is 0 Å². The highest BCUT2D eigenvalue weighted by molar-refractivity contribution is 6.42. The van der Waals surface area contributed by atoms with Crippen LogP contribution < -0.4 is 4.74 Å². The summed E-state index contributed by atoms with van der Waals surface area (Å²) >= 11 is 11.6. The van der Waals surface area contributed by atoms with Crippen molar-refractivity contribution in [3.63, 3.8) is 0 Å². The zero-order valence-corrected chi connectivity index (χ0v) is 12.3. The molecular weight excluding hydrogens is 317 g/mol. The van der Waals surface area contributed by atoms with Gasteiger partial charge in [-0.1, -0.05) is 23.2 Å². The number of halogens is 2. The number of hydrogen-bond donors (Lipinski definition) is 0. The van der Waals surface area contributed by atoms with Gasteiger partial charge in [-0.25, -0.2) is 4.79 Å². The molecule has 2 aromatic carbocycles. The van der Waals surface area contributed by atoms with E-state index in [1.54, 1.807) is 6.92 Å². The molecule has 0 atom stereocenters. The van der Waals surface area contributed by atoms with Gasteiger partial charge >= 0.3 is 5.97 Å². The maximum absolute atomic E-state index is 12.0. The molecule has 0 radical (unpaired) electrons. The fourth-order valence-corrected chi connectivity index (χ4v) is 1.98. The first kappa shape index (κ1) is 15.3. The standard InChI is InChI=1S/C14H9Cl2NO4/c1-8-6-9(2-5-13(8)17(19)20)14(18)21-10-3-4-11(15)12(16)7-10/h2-7H,1H3. The summed E-state index contributed by atoms with van der Waals surface area (Å²) in [4.78, 5) is 22.2. The predicted octanol–water partition coefficient (Wildman–Crippen LogP) is 4.43. The van der Waals surface area contributed by atoms with E-state index in [1.165, 1.54) is 36.4 Å². The number of carbonyl (C=O) groups is 1. The molecule has 0 N–H and O–H groups in total. The quantitative estimate of drug-likeness (QED) is 0.362. The van der Waals surface area contributed by atoms with E-state index in [0.29, 0.717) is 10.6 Å². The van der Waals surface area contributed by atoms with Crippen LogP contribution in [-0.2, 0) is 0 Å². The van der Waals surface area contributed by atoms with Gasteiger partial charge in [0.2, 0.25) is 0 Å². The number of carbonyl (C=O) groups excluding carboxylic acids is 1. The number of nitro benzene ring substituents is 1. The van der Waals surface area contributed by atoms with E-state index in [9.17, 15) is 14.9 Å². The second kappa shape index (κ2) is 6.11. The van der Waals surface area contributed by atoms with Crippen LogP contribution in [-0.4, -0.2) is 10.9 Å². The van der Waals surface area contributed by atoms with Crippen LogP contribution in [0.15, 0.2) is 36.4 Å². The van der Waals surface area contributed by atoms with Gasteiger partial charge in [-0.15, -0.1) is 0 Å². The third-order valence-corrected chi connectivity index (χ3v) is 3.47. The minimum absolute atomic E-state index is 0.0545. The molecule has 0 aliphatic carbocycles. The number of ether oxygens (including phenoxy) is 1. The SMILES string of the molecule is Cc1cc(C(=O)Oc2ccc(Cl)c(Cl)c2)ccc1[N+](=O)[O-]. The molecule has 0 amide bonds. The summed E-state index contributed by atoms with van der Waals surface area (Å²) in [5.74, 6) is -0.392. The lowest BCUT2D eigenvalue weighted by molar-refractivity contribution is -0.385. The molecule has 0 saturated heterocycles. The Bertz CT molecular complexity index is 731.